The molecule has 0 aliphatic carbocycles. The van der Waals surface area contributed by atoms with E-state index in [2.05, 4.69) is 0 Å². The maximum absolute atomic E-state index is 12.6. The van der Waals surface area contributed by atoms with Gasteiger partial charge in [0.05, 0.1) is 25.9 Å². The van der Waals surface area contributed by atoms with Crippen molar-refractivity contribution in [2.45, 2.75) is 24.8 Å². The van der Waals surface area contributed by atoms with Crippen molar-refractivity contribution in [3.63, 3.8) is 0 Å². The van der Waals surface area contributed by atoms with Crippen LogP contribution in [0.4, 0.5) is 17.7 Å². The van der Waals surface area contributed by atoms with E-state index in [9.17, 15) is 22.8 Å². The molecule has 0 radical (unpaired) electrons. The summed E-state index contributed by atoms with van der Waals surface area (Å²) >= 11 is 0. The van der Waals surface area contributed by atoms with Crippen LogP contribution < -0.4 is 51.4 Å². The van der Waals surface area contributed by atoms with Gasteiger partial charge < -0.3 is 32.6 Å². The van der Waals surface area contributed by atoms with Crippen molar-refractivity contribution in [1.29, 1.82) is 0 Å². The average molecular weight is 334 g/mol. The second-order valence-corrected chi connectivity index (χ2v) is 5.41. The summed E-state index contributed by atoms with van der Waals surface area (Å²) in [5, 5.41) is 9.57. The van der Waals surface area contributed by atoms with Gasteiger partial charge >= 0.3 is 64.4 Å². The van der Waals surface area contributed by atoms with Crippen LogP contribution in [0.15, 0.2) is 0 Å². The molecule has 0 aromatic heterocycles. The van der Waals surface area contributed by atoms with Crippen molar-refractivity contribution < 1.29 is 79.0 Å². The van der Waals surface area contributed by atoms with Crippen molar-refractivity contribution in [2.24, 2.45) is 0 Å². The van der Waals surface area contributed by atoms with Gasteiger partial charge in [-0.3, -0.25) is 0 Å². The Morgan fingerprint density at radius 1 is 1.14 bits per heavy atom. The van der Waals surface area contributed by atoms with Crippen LogP contribution in [0.3, 0.4) is 0 Å². The van der Waals surface area contributed by atoms with E-state index in [1.807, 2.05) is 0 Å². The Labute approximate surface area is 164 Å². The van der Waals surface area contributed by atoms with Crippen molar-refractivity contribution in [2.75, 3.05) is 39.4 Å². The summed E-state index contributed by atoms with van der Waals surface area (Å²) < 4.78 is 43.0. The average Bonchev–Trinajstić information content (AvgIpc) is 2.62. The first-order valence-electron chi connectivity index (χ1n) is 6.87. The van der Waals surface area contributed by atoms with Crippen LogP contribution in [0.25, 0.3) is 0 Å². The quantitative estimate of drug-likeness (QED) is 0.571. The number of halogens is 3. The number of aliphatic hydroxyl groups excluding tert-OH is 1. The van der Waals surface area contributed by atoms with Crippen LogP contribution in [0, 0.1) is 0 Å². The van der Waals surface area contributed by atoms with Crippen molar-refractivity contribution in [3.8, 4) is 0 Å². The number of likely N-dealkylation sites (tertiary alicyclic amines) is 1. The molecule has 2 saturated heterocycles. The summed E-state index contributed by atoms with van der Waals surface area (Å²) in [5.74, 6) is -1.25. The zero-order valence-electron chi connectivity index (χ0n) is 12.2. The molecular formula is C11H19BF3KN2O3. The standard InChI is InChI=1S/C11H19BF3N2O3.K/c13-12(14,15)9-1-3-16(4-2-9)11(19)17-5-6-20-8-10(18)7-17;/h9-10,18H,1-8H2;/q-1;+1. The molecule has 1 atom stereocenters. The number of nitrogens with zero attached hydrogens (tertiary/aromatic N) is 2. The first-order valence-corrected chi connectivity index (χ1v) is 6.87. The minimum atomic E-state index is -4.81. The smallest absolute Gasteiger partial charge is 0.449 e. The van der Waals surface area contributed by atoms with E-state index in [0.29, 0.717) is 13.2 Å². The number of carbonyl (C=O) groups excluding carboxylic acids is 1. The molecule has 1 unspecified atom stereocenters. The van der Waals surface area contributed by atoms with Gasteiger partial charge in [0.2, 0.25) is 0 Å². The SMILES string of the molecule is O=C(N1CCC([B-](F)(F)F)CC1)N1CCOCC(O)C1.[K+]. The number of aliphatic hydroxyl groups is 1. The Hall–Kier alpha value is 0.681. The molecule has 0 aromatic rings. The molecule has 2 aliphatic heterocycles. The second-order valence-electron chi connectivity index (χ2n) is 5.41. The number of urea groups is 1. The predicted octanol–water partition coefficient (Wildman–Crippen LogP) is -1.88. The first-order chi connectivity index (χ1) is 9.38. The van der Waals surface area contributed by atoms with Gasteiger partial charge in [-0.25, -0.2) is 4.79 Å². The summed E-state index contributed by atoms with van der Waals surface area (Å²) in [4.78, 5) is 15.1. The van der Waals surface area contributed by atoms with Gasteiger partial charge in [0, 0.05) is 19.6 Å². The summed E-state index contributed by atoms with van der Waals surface area (Å²) in [7, 11) is 0. The van der Waals surface area contributed by atoms with E-state index in [-0.39, 0.29) is 96.5 Å². The van der Waals surface area contributed by atoms with Crippen molar-refractivity contribution >= 4 is 13.0 Å². The molecule has 5 nitrogen and oxygen atoms in total. The van der Waals surface area contributed by atoms with E-state index < -0.39 is 18.9 Å². The topological polar surface area (TPSA) is 53.0 Å². The van der Waals surface area contributed by atoms with Crippen molar-refractivity contribution in [1.82, 2.24) is 9.80 Å². The number of ether oxygens (including phenoxy) is 1. The minimum absolute atomic E-state index is 0. The zero-order valence-corrected chi connectivity index (χ0v) is 15.3. The molecule has 2 fully saturated rings. The Morgan fingerprint density at radius 3 is 2.33 bits per heavy atom. The minimum Gasteiger partial charge on any atom is -0.449 e. The van der Waals surface area contributed by atoms with E-state index in [4.69, 9.17) is 4.74 Å². The van der Waals surface area contributed by atoms with Gasteiger partial charge in [0.1, 0.15) is 0 Å². The number of amides is 2. The molecule has 0 spiro atoms. The van der Waals surface area contributed by atoms with Crippen LogP contribution in [-0.2, 0) is 4.74 Å². The number of hydrogen-bond acceptors (Lipinski definition) is 3. The van der Waals surface area contributed by atoms with Crippen molar-refractivity contribution in [3.05, 3.63) is 0 Å². The Kier molecular flexibility index (Phi) is 7.99. The fraction of sp³-hybridized carbons (Fsp3) is 0.909. The summed E-state index contributed by atoms with van der Waals surface area (Å²) in [6, 6.07) is -0.303. The van der Waals surface area contributed by atoms with Crippen LogP contribution in [0.1, 0.15) is 12.8 Å². The molecular weight excluding hydrogens is 315 g/mol. The third kappa shape index (κ3) is 5.67. The van der Waals surface area contributed by atoms with Crippen LogP contribution in [0.5, 0.6) is 0 Å². The molecule has 2 amide bonds. The largest absolute Gasteiger partial charge is 1.00 e. The van der Waals surface area contributed by atoms with Gasteiger partial charge in [-0.2, -0.15) is 0 Å². The number of piperidine rings is 1. The molecule has 2 heterocycles. The molecule has 0 aromatic carbocycles. The summed E-state index contributed by atoms with van der Waals surface area (Å²) in [5.41, 5.74) is 0. The number of hydrogen-bond donors (Lipinski definition) is 1. The molecule has 1 N–H and O–H groups in total. The van der Waals surface area contributed by atoms with E-state index in [1.165, 1.54) is 9.80 Å². The molecule has 10 heteroatoms. The second kappa shape index (κ2) is 8.51. The van der Waals surface area contributed by atoms with Gasteiger partial charge in [-0.1, -0.05) is 18.7 Å². The first kappa shape index (κ1) is 19.7. The summed E-state index contributed by atoms with van der Waals surface area (Å²) in [6.45, 7) is -3.52. The monoisotopic (exact) mass is 334 g/mol. The van der Waals surface area contributed by atoms with E-state index in [1.54, 1.807) is 0 Å². The van der Waals surface area contributed by atoms with Gasteiger partial charge in [0.25, 0.3) is 0 Å². The molecule has 2 rings (SSSR count). The fourth-order valence-electron chi connectivity index (χ4n) is 2.63. The predicted molar refractivity (Wildman–Crippen MR) is 67.4 cm³/mol. The Bertz CT molecular complexity index is 354. The Balaban J connectivity index is 0.00000220. The van der Waals surface area contributed by atoms with Crippen LogP contribution in [0.2, 0.25) is 5.82 Å². The van der Waals surface area contributed by atoms with Gasteiger partial charge in [0.15, 0.2) is 0 Å². The molecule has 0 saturated carbocycles. The summed E-state index contributed by atoms with van der Waals surface area (Å²) in [6.07, 6.45) is -0.790. The number of carbonyl (C=O) groups is 1. The van der Waals surface area contributed by atoms with Gasteiger partial charge in [-0.05, 0) is 0 Å². The Morgan fingerprint density at radius 2 is 1.76 bits per heavy atom. The maximum Gasteiger partial charge on any atom is 1.00 e. The third-order valence-corrected chi connectivity index (χ3v) is 3.86. The fourth-order valence-corrected chi connectivity index (χ4v) is 2.63. The normalized spacial score (nSPS) is 25.2. The zero-order chi connectivity index (χ0) is 14.8. The van der Waals surface area contributed by atoms with Crippen LogP contribution in [-0.4, -0.2) is 73.4 Å². The maximum atomic E-state index is 12.6. The third-order valence-electron chi connectivity index (χ3n) is 3.86. The molecule has 2 aliphatic rings. The van der Waals surface area contributed by atoms with Gasteiger partial charge in [-0.15, -0.1) is 0 Å². The number of β-amino-alcohol motifs (C(OH)–C–C–N with tert-alkyl or cyclic N) is 1. The van der Waals surface area contributed by atoms with Crippen LogP contribution >= 0.6 is 0 Å². The number of rotatable bonds is 1. The van der Waals surface area contributed by atoms with E-state index >= 15 is 0 Å². The molecule has 0 bridgehead atoms. The van der Waals surface area contributed by atoms with E-state index in [0.717, 1.165) is 0 Å². The molecule has 116 valence electrons. The molecule has 21 heavy (non-hydrogen) atoms.